The maximum atomic E-state index is 12.4. The van der Waals surface area contributed by atoms with Crippen molar-refractivity contribution in [1.29, 1.82) is 0 Å². The van der Waals surface area contributed by atoms with Gasteiger partial charge in [0, 0.05) is 24.3 Å². The number of Topliss-reactive ketones (excluding diaryl/α,β-unsaturated/α-hetero) is 2. The van der Waals surface area contributed by atoms with Gasteiger partial charge >= 0.3 is 0 Å². The van der Waals surface area contributed by atoms with Gasteiger partial charge in [-0.05, 0) is 0 Å². The van der Waals surface area contributed by atoms with Gasteiger partial charge in [0.2, 0.25) is 0 Å². The van der Waals surface area contributed by atoms with E-state index in [4.69, 9.17) is 0 Å². The predicted octanol–water partition coefficient (Wildman–Crippen LogP) is 0.939. The molecule has 1 fully saturated rings. The zero-order valence-corrected chi connectivity index (χ0v) is 12.0. The van der Waals surface area contributed by atoms with Crippen LogP contribution in [0.15, 0.2) is 24.3 Å². The molecule has 3 rings (SSSR count). The summed E-state index contributed by atoms with van der Waals surface area (Å²) in [5, 5.41) is 57.7. The number of phenols is 6. The maximum Gasteiger partial charge on any atom is 0.163 e. The molecule has 0 bridgehead atoms. The number of benzene rings is 2. The van der Waals surface area contributed by atoms with E-state index in [9.17, 15) is 40.2 Å². The van der Waals surface area contributed by atoms with Crippen molar-refractivity contribution in [2.75, 3.05) is 0 Å². The molecule has 8 nitrogen and oxygen atoms in total. The highest BCUT2D eigenvalue weighted by atomic mass is 16.3. The molecule has 24 heavy (non-hydrogen) atoms. The van der Waals surface area contributed by atoms with Crippen LogP contribution in [0, 0.1) is 0 Å². The van der Waals surface area contributed by atoms with Gasteiger partial charge in [-0.1, -0.05) is 0 Å². The fraction of sp³-hybridized carbons (Fsp3) is 0.125. The van der Waals surface area contributed by atoms with Crippen LogP contribution >= 0.6 is 0 Å². The van der Waals surface area contributed by atoms with Crippen molar-refractivity contribution >= 4 is 11.6 Å². The van der Waals surface area contributed by atoms with Crippen LogP contribution in [0.1, 0.15) is 23.0 Å². The first-order valence-electron chi connectivity index (χ1n) is 6.79. The minimum atomic E-state index is -1.48. The molecule has 0 aromatic heterocycles. The minimum Gasteiger partial charge on any atom is -0.508 e. The van der Waals surface area contributed by atoms with Crippen LogP contribution in [-0.4, -0.2) is 42.2 Å². The van der Waals surface area contributed by atoms with Crippen molar-refractivity contribution in [2.24, 2.45) is 0 Å². The molecule has 0 atom stereocenters. The molecule has 1 aliphatic rings. The second-order valence-corrected chi connectivity index (χ2v) is 5.47. The van der Waals surface area contributed by atoms with E-state index in [0.717, 1.165) is 24.3 Å². The molecule has 0 radical (unpaired) electrons. The molecule has 6 N–H and O–H groups in total. The normalized spacial score (nSPS) is 20.0. The van der Waals surface area contributed by atoms with E-state index in [0.29, 0.717) is 0 Å². The van der Waals surface area contributed by atoms with E-state index < -0.39 is 57.9 Å². The lowest BCUT2D eigenvalue weighted by Crippen LogP contribution is -2.44. The summed E-state index contributed by atoms with van der Waals surface area (Å²) in [5.41, 5.74) is -0.700. The second-order valence-electron chi connectivity index (χ2n) is 5.47. The Morgan fingerprint density at radius 1 is 0.542 bits per heavy atom. The van der Waals surface area contributed by atoms with Gasteiger partial charge in [-0.25, -0.2) is 0 Å². The Balaban J connectivity index is 2.03. The lowest BCUT2D eigenvalue weighted by molar-refractivity contribution is -0.142. The predicted molar refractivity (Wildman–Crippen MR) is 78.4 cm³/mol. The first kappa shape index (κ1) is 15.5. The molecule has 8 heteroatoms. The third-order valence-corrected chi connectivity index (χ3v) is 3.96. The molecule has 2 aromatic rings. The maximum absolute atomic E-state index is 12.4. The minimum absolute atomic E-state index is 0.350. The van der Waals surface area contributed by atoms with Crippen molar-refractivity contribution in [3.05, 3.63) is 35.4 Å². The second kappa shape index (κ2) is 5.05. The monoisotopic (exact) mass is 332 g/mol. The number of carbonyl (C=O) groups excluding carboxylic acids is 2. The van der Waals surface area contributed by atoms with E-state index in [1.165, 1.54) is 0 Å². The fourth-order valence-corrected chi connectivity index (χ4v) is 2.90. The van der Waals surface area contributed by atoms with Gasteiger partial charge in [-0.15, -0.1) is 0 Å². The van der Waals surface area contributed by atoms with Crippen LogP contribution in [0.2, 0.25) is 0 Å². The van der Waals surface area contributed by atoms with Crippen molar-refractivity contribution in [1.82, 2.24) is 0 Å². The van der Waals surface area contributed by atoms with Crippen LogP contribution in [0.4, 0.5) is 0 Å². The first-order chi connectivity index (χ1) is 11.2. The van der Waals surface area contributed by atoms with Gasteiger partial charge in [-0.2, -0.15) is 0 Å². The van der Waals surface area contributed by atoms with Crippen molar-refractivity contribution in [2.45, 2.75) is 11.8 Å². The lowest BCUT2D eigenvalue weighted by atomic mass is 9.65. The Morgan fingerprint density at radius 3 is 1.04 bits per heavy atom. The smallest absolute Gasteiger partial charge is 0.163 e. The summed E-state index contributed by atoms with van der Waals surface area (Å²) in [7, 11) is 0. The Bertz CT molecular complexity index is 754. The van der Waals surface area contributed by atoms with Crippen LogP contribution in [0.3, 0.4) is 0 Å². The first-order valence-corrected chi connectivity index (χ1v) is 6.79. The van der Waals surface area contributed by atoms with Crippen LogP contribution < -0.4 is 0 Å². The zero-order valence-electron chi connectivity index (χ0n) is 12.0. The van der Waals surface area contributed by atoms with Crippen molar-refractivity contribution < 1.29 is 40.2 Å². The summed E-state index contributed by atoms with van der Waals surface area (Å²) in [6.07, 6.45) is 0. The molecule has 0 saturated heterocycles. The SMILES string of the molecule is O=C1C(c2c(O)cc(O)cc2O)C(=O)C1c1c(O)cc(O)cc1O. The average Bonchev–Trinajstić information content (AvgIpc) is 2.46. The summed E-state index contributed by atoms with van der Waals surface area (Å²) in [4.78, 5) is 24.7. The van der Waals surface area contributed by atoms with Gasteiger partial charge < -0.3 is 30.6 Å². The van der Waals surface area contributed by atoms with Gasteiger partial charge in [0.05, 0.1) is 11.1 Å². The van der Waals surface area contributed by atoms with Gasteiger partial charge in [0.1, 0.15) is 46.3 Å². The highest BCUT2D eigenvalue weighted by Gasteiger charge is 2.54. The number of phenolic OH excluding ortho intramolecular Hbond substituents is 6. The third kappa shape index (κ3) is 2.08. The van der Waals surface area contributed by atoms with Crippen LogP contribution in [-0.2, 0) is 9.59 Å². The summed E-state index contributed by atoms with van der Waals surface area (Å²) in [5.74, 6) is -7.88. The molecule has 0 heterocycles. The van der Waals surface area contributed by atoms with Gasteiger partial charge in [0.25, 0.3) is 0 Å². The fourth-order valence-electron chi connectivity index (χ4n) is 2.90. The number of hydrogen-bond acceptors (Lipinski definition) is 8. The highest BCUT2D eigenvalue weighted by molar-refractivity contribution is 6.32. The Morgan fingerprint density at radius 2 is 0.792 bits per heavy atom. The zero-order chi connectivity index (χ0) is 17.8. The van der Waals surface area contributed by atoms with E-state index in [-0.39, 0.29) is 11.1 Å². The molecule has 1 saturated carbocycles. The van der Waals surface area contributed by atoms with Gasteiger partial charge in [-0.3, -0.25) is 9.59 Å². The Kier molecular flexibility index (Phi) is 3.26. The summed E-state index contributed by atoms with van der Waals surface area (Å²) in [6.45, 7) is 0. The lowest BCUT2D eigenvalue weighted by Gasteiger charge is -2.33. The third-order valence-electron chi connectivity index (χ3n) is 3.96. The number of aromatic hydroxyl groups is 6. The van der Waals surface area contributed by atoms with E-state index in [1.807, 2.05) is 0 Å². The largest absolute Gasteiger partial charge is 0.508 e. The standard InChI is InChI=1S/C16H12O8/c17-5-1-7(19)11(8(20)2-5)13-15(23)14(16(13)24)12-9(21)3-6(18)4-10(12)22/h1-4,13-14,17-22H. The number of rotatable bonds is 2. The van der Waals surface area contributed by atoms with E-state index in [2.05, 4.69) is 0 Å². The highest BCUT2D eigenvalue weighted by Crippen LogP contribution is 2.51. The topological polar surface area (TPSA) is 156 Å². The molecule has 2 aromatic carbocycles. The Hall–Kier alpha value is -3.42. The van der Waals surface area contributed by atoms with Crippen LogP contribution in [0.5, 0.6) is 34.5 Å². The van der Waals surface area contributed by atoms with E-state index >= 15 is 0 Å². The number of hydrogen-bond donors (Lipinski definition) is 6. The summed E-state index contributed by atoms with van der Waals surface area (Å²) < 4.78 is 0. The quantitative estimate of drug-likeness (QED) is 0.444. The Labute approximate surface area is 134 Å². The number of ketones is 2. The molecule has 1 aliphatic carbocycles. The molecule has 0 amide bonds. The van der Waals surface area contributed by atoms with Crippen molar-refractivity contribution in [3.63, 3.8) is 0 Å². The molecular formula is C16H12O8. The number of carbonyl (C=O) groups is 2. The summed E-state index contributed by atoms with van der Waals surface area (Å²) >= 11 is 0. The summed E-state index contributed by atoms with van der Waals surface area (Å²) in [6, 6.07) is 3.49. The van der Waals surface area contributed by atoms with E-state index in [1.54, 1.807) is 0 Å². The molecule has 0 aliphatic heterocycles. The molecule has 0 unspecified atom stereocenters. The van der Waals surface area contributed by atoms with Gasteiger partial charge in [0.15, 0.2) is 11.6 Å². The van der Waals surface area contributed by atoms with Crippen LogP contribution in [0.25, 0.3) is 0 Å². The molecule has 0 spiro atoms. The average molecular weight is 332 g/mol. The van der Waals surface area contributed by atoms with Crippen molar-refractivity contribution in [3.8, 4) is 34.5 Å². The molecular weight excluding hydrogens is 320 g/mol. The molecule has 124 valence electrons.